The third-order valence-corrected chi connectivity index (χ3v) is 2.52. The number of hydrogen-bond donors (Lipinski definition) is 0. The first kappa shape index (κ1) is 12.3. The first-order chi connectivity index (χ1) is 7.71. The van der Waals surface area contributed by atoms with E-state index in [2.05, 4.69) is 0 Å². The Morgan fingerprint density at radius 2 is 1.88 bits per heavy atom. The lowest BCUT2D eigenvalue weighted by molar-refractivity contribution is -0.139. The van der Waals surface area contributed by atoms with Crippen molar-refractivity contribution in [3.63, 3.8) is 0 Å². The second-order valence-corrected chi connectivity index (χ2v) is 3.57. The molecule has 1 rings (SSSR count). The molecule has 16 heavy (non-hydrogen) atoms. The van der Waals surface area contributed by atoms with Gasteiger partial charge in [-0.15, -0.1) is 0 Å². The van der Waals surface area contributed by atoms with Gasteiger partial charge in [0.15, 0.2) is 0 Å². The SMILES string of the molecule is CCC(CC)C(=O)Oc1ccc(C#N)cc1. The summed E-state index contributed by atoms with van der Waals surface area (Å²) in [7, 11) is 0. The molecule has 0 aromatic heterocycles. The Hall–Kier alpha value is -1.82. The average molecular weight is 217 g/mol. The van der Waals surface area contributed by atoms with E-state index in [-0.39, 0.29) is 11.9 Å². The van der Waals surface area contributed by atoms with Crippen LogP contribution in [0.3, 0.4) is 0 Å². The molecule has 0 fully saturated rings. The Morgan fingerprint density at radius 1 is 1.31 bits per heavy atom. The second kappa shape index (κ2) is 5.92. The van der Waals surface area contributed by atoms with Crippen molar-refractivity contribution in [3.8, 4) is 11.8 Å². The predicted molar refractivity (Wildman–Crippen MR) is 60.9 cm³/mol. The summed E-state index contributed by atoms with van der Waals surface area (Å²) in [5.74, 6) is 0.251. The topological polar surface area (TPSA) is 50.1 Å². The smallest absolute Gasteiger partial charge is 0.314 e. The summed E-state index contributed by atoms with van der Waals surface area (Å²) in [6.07, 6.45) is 1.57. The number of esters is 1. The highest BCUT2D eigenvalue weighted by Gasteiger charge is 2.16. The molecule has 0 spiro atoms. The molecule has 3 heteroatoms. The van der Waals surface area contributed by atoms with Crippen LogP contribution in [0.1, 0.15) is 32.3 Å². The number of carbonyl (C=O) groups excluding carboxylic acids is 1. The Labute approximate surface area is 95.7 Å². The Balaban J connectivity index is 2.66. The molecule has 0 aliphatic heterocycles. The summed E-state index contributed by atoms with van der Waals surface area (Å²) < 4.78 is 5.21. The molecular weight excluding hydrogens is 202 g/mol. The van der Waals surface area contributed by atoms with Gasteiger partial charge in [0, 0.05) is 0 Å². The molecule has 0 unspecified atom stereocenters. The highest BCUT2D eigenvalue weighted by molar-refractivity contribution is 5.75. The summed E-state index contributed by atoms with van der Waals surface area (Å²) in [6.45, 7) is 3.93. The first-order valence-electron chi connectivity index (χ1n) is 5.43. The molecule has 0 saturated heterocycles. The van der Waals surface area contributed by atoms with Crippen molar-refractivity contribution in [2.75, 3.05) is 0 Å². The normalized spacial score (nSPS) is 9.88. The number of ether oxygens (including phenoxy) is 1. The number of hydrogen-bond acceptors (Lipinski definition) is 3. The zero-order chi connectivity index (χ0) is 12.0. The standard InChI is InChI=1S/C13H15NO2/c1-3-11(4-2)13(15)16-12-7-5-10(9-14)6-8-12/h5-8,11H,3-4H2,1-2H3. The zero-order valence-corrected chi connectivity index (χ0v) is 9.56. The number of carbonyl (C=O) groups is 1. The molecule has 1 aromatic carbocycles. The minimum absolute atomic E-state index is 0.0457. The molecule has 0 aliphatic rings. The van der Waals surface area contributed by atoms with Crippen LogP contribution in [0.2, 0.25) is 0 Å². The molecule has 1 aromatic rings. The lowest BCUT2D eigenvalue weighted by atomic mass is 10.0. The van der Waals surface area contributed by atoms with E-state index in [9.17, 15) is 4.79 Å². The van der Waals surface area contributed by atoms with Crippen molar-refractivity contribution in [3.05, 3.63) is 29.8 Å². The Bertz CT molecular complexity index is 385. The highest BCUT2D eigenvalue weighted by Crippen LogP contribution is 2.16. The molecule has 0 bridgehead atoms. The molecule has 0 heterocycles. The van der Waals surface area contributed by atoms with Crippen LogP contribution in [0.4, 0.5) is 0 Å². The predicted octanol–water partition coefficient (Wildman–Crippen LogP) is 2.90. The third kappa shape index (κ3) is 3.09. The second-order valence-electron chi connectivity index (χ2n) is 3.57. The summed E-state index contributed by atoms with van der Waals surface area (Å²) in [4.78, 5) is 11.6. The van der Waals surface area contributed by atoms with Gasteiger partial charge in [-0.25, -0.2) is 0 Å². The minimum atomic E-state index is -0.199. The monoisotopic (exact) mass is 217 g/mol. The van der Waals surface area contributed by atoms with Gasteiger partial charge in [-0.3, -0.25) is 4.79 Å². The molecular formula is C13H15NO2. The summed E-state index contributed by atoms with van der Waals surface area (Å²) in [5.41, 5.74) is 0.558. The van der Waals surface area contributed by atoms with Gasteiger partial charge in [-0.05, 0) is 37.1 Å². The van der Waals surface area contributed by atoms with Gasteiger partial charge < -0.3 is 4.74 Å². The van der Waals surface area contributed by atoms with E-state index >= 15 is 0 Å². The van der Waals surface area contributed by atoms with Crippen molar-refractivity contribution in [2.24, 2.45) is 5.92 Å². The maximum Gasteiger partial charge on any atom is 0.314 e. The minimum Gasteiger partial charge on any atom is -0.426 e. The van der Waals surface area contributed by atoms with Crippen molar-refractivity contribution >= 4 is 5.97 Å². The summed E-state index contributed by atoms with van der Waals surface area (Å²) in [6, 6.07) is 8.56. The van der Waals surface area contributed by atoms with Crippen molar-refractivity contribution in [1.29, 1.82) is 5.26 Å². The Morgan fingerprint density at radius 3 is 2.31 bits per heavy atom. The molecule has 0 aliphatic carbocycles. The van der Waals surface area contributed by atoms with Crippen LogP contribution in [0.5, 0.6) is 5.75 Å². The number of benzene rings is 1. The number of nitrogens with zero attached hydrogens (tertiary/aromatic N) is 1. The molecule has 3 nitrogen and oxygen atoms in total. The molecule has 0 N–H and O–H groups in total. The van der Waals surface area contributed by atoms with E-state index in [1.54, 1.807) is 24.3 Å². The van der Waals surface area contributed by atoms with E-state index in [1.807, 2.05) is 19.9 Å². The molecule has 0 atom stereocenters. The van der Waals surface area contributed by atoms with Crippen LogP contribution in [0.25, 0.3) is 0 Å². The highest BCUT2D eigenvalue weighted by atomic mass is 16.5. The number of nitriles is 1. The average Bonchev–Trinajstić information content (AvgIpc) is 2.31. The van der Waals surface area contributed by atoms with Gasteiger partial charge in [-0.1, -0.05) is 13.8 Å². The lowest BCUT2D eigenvalue weighted by Gasteiger charge is -2.11. The van der Waals surface area contributed by atoms with Crippen molar-refractivity contribution in [1.82, 2.24) is 0 Å². The van der Waals surface area contributed by atoms with Gasteiger partial charge in [0.25, 0.3) is 0 Å². The quantitative estimate of drug-likeness (QED) is 0.575. The van der Waals surface area contributed by atoms with Gasteiger partial charge >= 0.3 is 5.97 Å². The number of rotatable bonds is 4. The van der Waals surface area contributed by atoms with Crippen molar-refractivity contribution < 1.29 is 9.53 Å². The van der Waals surface area contributed by atoms with Gasteiger partial charge in [0.2, 0.25) is 0 Å². The fourth-order valence-electron chi connectivity index (χ4n) is 1.42. The van der Waals surface area contributed by atoms with Crippen LogP contribution in [-0.4, -0.2) is 5.97 Å². The molecule has 0 amide bonds. The molecule has 84 valence electrons. The van der Waals surface area contributed by atoms with E-state index in [1.165, 1.54) is 0 Å². The van der Waals surface area contributed by atoms with Crippen molar-refractivity contribution in [2.45, 2.75) is 26.7 Å². The van der Waals surface area contributed by atoms with Gasteiger partial charge in [0.05, 0.1) is 17.6 Å². The zero-order valence-electron chi connectivity index (χ0n) is 9.56. The first-order valence-corrected chi connectivity index (χ1v) is 5.43. The van der Waals surface area contributed by atoms with Gasteiger partial charge in [-0.2, -0.15) is 5.26 Å². The fraction of sp³-hybridized carbons (Fsp3) is 0.385. The van der Waals surface area contributed by atoms with Gasteiger partial charge in [0.1, 0.15) is 5.75 Å². The summed E-state index contributed by atoms with van der Waals surface area (Å²) >= 11 is 0. The molecule has 0 radical (unpaired) electrons. The van der Waals surface area contributed by atoms with E-state index < -0.39 is 0 Å². The van der Waals surface area contributed by atoms with E-state index in [0.29, 0.717) is 11.3 Å². The van der Waals surface area contributed by atoms with Crippen LogP contribution >= 0.6 is 0 Å². The lowest BCUT2D eigenvalue weighted by Crippen LogP contribution is -2.19. The third-order valence-electron chi connectivity index (χ3n) is 2.52. The maximum absolute atomic E-state index is 11.6. The molecule has 0 saturated carbocycles. The Kier molecular flexibility index (Phi) is 4.53. The summed E-state index contributed by atoms with van der Waals surface area (Å²) in [5, 5.41) is 8.62. The fourth-order valence-corrected chi connectivity index (χ4v) is 1.42. The maximum atomic E-state index is 11.6. The van der Waals surface area contributed by atoms with E-state index in [4.69, 9.17) is 10.00 Å². The van der Waals surface area contributed by atoms with E-state index in [0.717, 1.165) is 12.8 Å². The van der Waals surface area contributed by atoms with Crippen LogP contribution in [-0.2, 0) is 4.79 Å². The largest absolute Gasteiger partial charge is 0.426 e. The van der Waals surface area contributed by atoms with Crippen LogP contribution < -0.4 is 4.74 Å². The van der Waals surface area contributed by atoms with Crippen LogP contribution in [0.15, 0.2) is 24.3 Å². The van der Waals surface area contributed by atoms with Crippen LogP contribution in [0, 0.1) is 17.2 Å².